The van der Waals surface area contributed by atoms with Gasteiger partial charge in [-0.15, -0.1) is 11.3 Å². The highest BCUT2D eigenvalue weighted by Gasteiger charge is 2.08. The van der Waals surface area contributed by atoms with E-state index in [0.29, 0.717) is 0 Å². The lowest BCUT2D eigenvalue weighted by Gasteiger charge is -2.01. The first-order valence-corrected chi connectivity index (χ1v) is 8.19. The maximum atomic E-state index is 3.55. The molecule has 0 aliphatic heterocycles. The molecule has 0 saturated carbocycles. The number of hydrogen-bond acceptors (Lipinski definition) is 1. The number of rotatable bonds is 1. The molecule has 0 atom stereocenters. The highest BCUT2D eigenvalue weighted by molar-refractivity contribution is 9.08. The maximum Gasteiger partial charge on any atom is 0.0361 e. The molecule has 0 unspecified atom stereocenters. The van der Waals surface area contributed by atoms with Crippen LogP contribution in [-0.2, 0) is 5.33 Å². The van der Waals surface area contributed by atoms with Crippen molar-refractivity contribution < 1.29 is 0 Å². The molecule has 92 valence electrons. The molecule has 4 rings (SSSR count). The summed E-state index contributed by atoms with van der Waals surface area (Å²) in [6, 6.07) is 19.9. The molecule has 3 aromatic carbocycles. The van der Waals surface area contributed by atoms with Crippen molar-refractivity contribution in [3.05, 3.63) is 60.2 Å². The molecule has 4 aromatic rings. The fraction of sp³-hybridized carbons (Fsp3) is 0.0588. The molecule has 19 heavy (non-hydrogen) atoms. The Morgan fingerprint density at radius 2 is 1.68 bits per heavy atom. The van der Waals surface area contributed by atoms with E-state index in [2.05, 4.69) is 70.5 Å². The van der Waals surface area contributed by atoms with Gasteiger partial charge in [0, 0.05) is 25.5 Å². The zero-order valence-electron chi connectivity index (χ0n) is 10.2. The molecule has 0 radical (unpaired) electrons. The Morgan fingerprint density at radius 1 is 0.842 bits per heavy atom. The first-order chi connectivity index (χ1) is 9.36. The molecule has 0 bridgehead atoms. The Kier molecular flexibility index (Phi) is 2.61. The summed E-state index contributed by atoms with van der Waals surface area (Å²) in [4.78, 5) is 0. The van der Waals surface area contributed by atoms with Crippen molar-refractivity contribution in [2.75, 3.05) is 0 Å². The third-order valence-corrected chi connectivity index (χ3v) is 5.36. The number of benzene rings is 3. The molecule has 0 nitrogen and oxygen atoms in total. The van der Waals surface area contributed by atoms with E-state index in [1.54, 1.807) is 0 Å². The van der Waals surface area contributed by atoms with E-state index in [0.717, 1.165) is 5.33 Å². The van der Waals surface area contributed by atoms with E-state index in [1.807, 2.05) is 11.3 Å². The van der Waals surface area contributed by atoms with Crippen molar-refractivity contribution in [1.29, 1.82) is 0 Å². The first kappa shape index (κ1) is 11.4. The highest BCUT2D eigenvalue weighted by Crippen LogP contribution is 2.38. The Bertz CT molecular complexity index is 905. The average Bonchev–Trinajstić information content (AvgIpc) is 2.85. The van der Waals surface area contributed by atoms with Crippen LogP contribution in [0.5, 0.6) is 0 Å². The summed E-state index contributed by atoms with van der Waals surface area (Å²) < 4.78 is 2.75. The summed E-state index contributed by atoms with van der Waals surface area (Å²) in [5.74, 6) is 0. The smallest absolute Gasteiger partial charge is 0.0361 e. The molecule has 0 fully saturated rings. The quantitative estimate of drug-likeness (QED) is 0.370. The number of thiophene rings is 1. The molecule has 0 aliphatic rings. The molecule has 1 heterocycles. The van der Waals surface area contributed by atoms with Gasteiger partial charge in [-0.1, -0.05) is 52.3 Å². The van der Waals surface area contributed by atoms with E-state index < -0.39 is 0 Å². The van der Waals surface area contributed by atoms with Crippen LogP contribution in [0.25, 0.3) is 30.9 Å². The van der Waals surface area contributed by atoms with Crippen LogP contribution in [0.3, 0.4) is 0 Å². The van der Waals surface area contributed by atoms with Crippen LogP contribution in [-0.4, -0.2) is 0 Å². The molecule has 2 heteroatoms. The Labute approximate surface area is 123 Å². The molecule has 0 saturated heterocycles. The molecule has 0 spiro atoms. The minimum Gasteiger partial charge on any atom is -0.135 e. The number of fused-ring (bicyclic) bond motifs is 5. The zero-order chi connectivity index (χ0) is 12.8. The number of halogens is 1. The summed E-state index contributed by atoms with van der Waals surface area (Å²) in [5, 5.41) is 6.37. The van der Waals surface area contributed by atoms with Gasteiger partial charge in [0.1, 0.15) is 0 Å². The summed E-state index contributed by atoms with van der Waals surface area (Å²) in [7, 11) is 0. The van der Waals surface area contributed by atoms with Gasteiger partial charge in [-0.3, -0.25) is 0 Å². The normalized spacial score (nSPS) is 11.6. The zero-order valence-corrected chi connectivity index (χ0v) is 12.6. The Balaban J connectivity index is 2.27. The molecular formula is C17H11BrS. The maximum absolute atomic E-state index is 3.55. The van der Waals surface area contributed by atoms with Crippen LogP contribution < -0.4 is 0 Å². The molecular weight excluding hydrogens is 316 g/mol. The Morgan fingerprint density at radius 3 is 2.58 bits per heavy atom. The number of hydrogen-bond donors (Lipinski definition) is 0. The highest BCUT2D eigenvalue weighted by atomic mass is 79.9. The van der Waals surface area contributed by atoms with Crippen LogP contribution in [0.15, 0.2) is 54.6 Å². The van der Waals surface area contributed by atoms with Gasteiger partial charge >= 0.3 is 0 Å². The summed E-state index contributed by atoms with van der Waals surface area (Å²) in [6.45, 7) is 0. The lowest BCUT2D eigenvalue weighted by atomic mass is 10.0. The molecule has 1 aromatic heterocycles. The van der Waals surface area contributed by atoms with E-state index in [-0.39, 0.29) is 0 Å². The van der Waals surface area contributed by atoms with Crippen LogP contribution in [0.4, 0.5) is 0 Å². The SMILES string of the molecule is BrCc1ccc2sc3ccc4ccccc4c3c2c1. The van der Waals surface area contributed by atoms with E-state index in [9.17, 15) is 0 Å². The minimum absolute atomic E-state index is 0.908. The van der Waals surface area contributed by atoms with Crippen LogP contribution >= 0.6 is 27.3 Å². The van der Waals surface area contributed by atoms with Crippen molar-refractivity contribution in [2.45, 2.75) is 5.33 Å². The van der Waals surface area contributed by atoms with Crippen molar-refractivity contribution in [3.8, 4) is 0 Å². The van der Waals surface area contributed by atoms with Crippen molar-refractivity contribution >= 4 is 58.2 Å². The fourth-order valence-corrected chi connectivity index (χ4v) is 4.13. The van der Waals surface area contributed by atoms with E-state index in [4.69, 9.17) is 0 Å². The number of alkyl halides is 1. The second-order valence-electron chi connectivity index (χ2n) is 4.73. The van der Waals surface area contributed by atoms with Crippen LogP contribution in [0, 0.1) is 0 Å². The second-order valence-corrected chi connectivity index (χ2v) is 6.37. The minimum atomic E-state index is 0.908. The molecule has 0 N–H and O–H groups in total. The van der Waals surface area contributed by atoms with Crippen molar-refractivity contribution in [2.24, 2.45) is 0 Å². The summed E-state index contributed by atoms with van der Waals surface area (Å²) in [6.07, 6.45) is 0. The van der Waals surface area contributed by atoms with Crippen molar-refractivity contribution in [3.63, 3.8) is 0 Å². The summed E-state index contributed by atoms with van der Waals surface area (Å²) in [5.41, 5.74) is 1.33. The van der Waals surface area contributed by atoms with Crippen LogP contribution in [0.2, 0.25) is 0 Å². The fourth-order valence-electron chi connectivity index (χ4n) is 2.68. The monoisotopic (exact) mass is 326 g/mol. The van der Waals surface area contributed by atoms with Gasteiger partial charge in [-0.25, -0.2) is 0 Å². The van der Waals surface area contributed by atoms with Gasteiger partial charge in [0.05, 0.1) is 0 Å². The predicted molar refractivity (Wildman–Crippen MR) is 89.5 cm³/mol. The van der Waals surface area contributed by atoms with Crippen LogP contribution in [0.1, 0.15) is 5.56 Å². The van der Waals surface area contributed by atoms with Gasteiger partial charge in [0.15, 0.2) is 0 Å². The molecule has 0 amide bonds. The third-order valence-electron chi connectivity index (χ3n) is 3.58. The largest absolute Gasteiger partial charge is 0.135 e. The topological polar surface area (TPSA) is 0 Å². The van der Waals surface area contributed by atoms with Crippen molar-refractivity contribution in [1.82, 2.24) is 0 Å². The standard InChI is InChI=1S/C17H11BrS/c18-10-11-5-7-15-14(9-11)17-13-4-2-1-3-12(13)6-8-16(17)19-15/h1-9H,10H2. The first-order valence-electron chi connectivity index (χ1n) is 6.26. The van der Waals surface area contributed by atoms with Gasteiger partial charge in [0.25, 0.3) is 0 Å². The van der Waals surface area contributed by atoms with Gasteiger partial charge in [0.2, 0.25) is 0 Å². The summed E-state index contributed by atoms with van der Waals surface area (Å²) >= 11 is 5.43. The average molecular weight is 327 g/mol. The lowest BCUT2D eigenvalue weighted by Crippen LogP contribution is -1.77. The van der Waals surface area contributed by atoms with E-state index in [1.165, 1.54) is 36.5 Å². The van der Waals surface area contributed by atoms with Gasteiger partial charge in [-0.05, 0) is 34.5 Å². The third kappa shape index (κ3) is 1.71. The van der Waals surface area contributed by atoms with E-state index >= 15 is 0 Å². The second kappa shape index (κ2) is 4.32. The van der Waals surface area contributed by atoms with Gasteiger partial charge < -0.3 is 0 Å². The Hall–Kier alpha value is -1.38. The lowest BCUT2D eigenvalue weighted by molar-refractivity contribution is 1.47. The van der Waals surface area contributed by atoms with Gasteiger partial charge in [-0.2, -0.15) is 0 Å². The predicted octanol–water partition coefficient (Wildman–Crippen LogP) is 6.10. The molecule has 0 aliphatic carbocycles.